The third-order valence-corrected chi connectivity index (χ3v) is 2.79. The fraction of sp³-hybridized carbons (Fsp3) is 0.308. The van der Waals surface area contributed by atoms with Crippen molar-refractivity contribution in [2.24, 2.45) is 0 Å². The van der Waals surface area contributed by atoms with Crippen LogP contribution in [0.3, 0.4) is 0 Å². The number of likely N-dealkylation sites (N-methyl/N-ethyl adjacent to an activating group) is 1. The second-order valence-corrected chi connectivity index (χ2v) is 4.37. The SMILES string of the molecule is CN(C)CCn1ccc2cc(C(=O)[O-])ccc21.[Li+]. The summed E-state index contributed by atoms with van der Waals surface area (Å²) < 4.78 is 2.12. The maximum atomic E-state index is 10.7. The quantitative estimate of drug-likeness (QED) is 0.557. The minimum atomic E-state index is -1.13. The number of carboxylic acid groups (broad SMARTS) is 1. The second kappa shape index (κ2) is 6.10. The molecule has 1 heterocycles. The van der Waals surface area contributed by atoms with E-state index in [-0.39, 0.29) is 24.4 Å². The van der Waals surface area contributed by atoms with Gasteiger partial charge in [0.2, 0.25) is 0 Å². The number of rotatable bonds is 4. The van der Waals surface area contributed by atoms with Crippen molar-refractivity contribution < 1.29 is 28.8 Å². The summed E-state index contributed by atoms with van der Waals surface area (Å²) in [6.07, 6.45) is 1.98. The fourth-order valence-electron chi connectivity index (χ4n) is 1.83. The molecule has 0 amide bonds. The number of nitrogens with zero attached hydrogens (tertiary/aromatic N) is 2. The van der Waals surface area contributed by atoms with E-state index in [0.29, 0.717) is 0 Å². The average Bonchev–Trinajstić information content (AvgIpc) is 2.68. The van der Waals surface area contributed by atoms with Crippen molar-refractivity contribution in [2.75, 3.05) is 20.6 Å². The van der Waals surface area contributed by atoms with Gasteiger partial charge in [-0.15, -0.1) is 0 Å². The number of carbonyl (C=O) groups is 1. The molecule has 0 atom stereocenters. The Morgan fingerprint density at radius 2 is 2.06 bits per heavy atom. The molecule has 5 heteroatoms. The molecule has 0 aliphatic carbocycles. The van der Waals surface area contributed by atoms with Gasteiger partial charge in [0.25, 0.3) is 0 Å². The molecular weight excluding hydrogens is 223 g/mol. The van der Waals surface area contributed by atoms with Crippen LogP contribution >= 0.6 is 0 Å². The number of benzene rings is 1. The van der Waals surface area contributed by atoms with E-state index in [1.807, 2.05) is 32.4 Å². The molecule has 0 fully saturated rings. The van der Waals surface area contributed by atoms with Crippen molar-refractivity contribution in [1.82, 2.24) is 9.47 Å². The number of hydrogen-bond acceptors (Lipinski definition) is 3. The van der Waals surface area contributed by atoms with Gasteiger partial charge in [-0.05, 0) is 37.9 Å². The van der Waals surface area contributed by atoms with Gasteiger partial charge in [0.1, 0.15) is 0 Å². The van der Waals surface area contributed by atoms with Crippen LogP contribution in [-0.2, 0) is 6.54 Å². The van der Waals surface area contributed by atoms with E-state index in [0.717, 1.165) is 24.0 Å². The van der Waals surface area contributed by atoms with E-state index >= 15 is 0 Å². The first kappa shape index (κ1) is 14.8. The summed E-state index contributed by atoms with van der Waals surface area (Å²) in [7, 11) is 4.06. The summed E-state index contributed by atoms with van der Waals surface area (Å²) in [6.45, 7) is 1.84. The number of fused-ring (bicyclic) bond motifs is 1. The van der Waals surface area contributed by atoms with Gasteiger partial charge < -0.3 is 19.4 Å². The first-order chi connectivity index (χ1) is 8.08. The normalized spacial score (nSPS) is 10.6. The van der Waals surface area contributed by atoms with E-state index in [9.17, 15) is 9.90 Å². The Morgan fingerprint density at radius 3 is 2.67 bits per heavy atom. The summed E-state index contributed by atoms with van der Waals surface area (Å²) in [6, 6.07) is 6.99. The van der Waals surface area contributed by atoms with Crippen LogP contribution in [0.2, 0.25) is 0 Å². The van der Waals surface area contributed by atoms with Crippen LogP contribution in [0, 0.1) is 0 Å². The zero-order valence-electron chi connectivity index (χ0n) is 11.0. The van der Waals surface area contributed by atoms with Crippen molar-refractivity contribution in [3.63, 3.8) is 0 Å². The Labute approximate surface area is 118 Å². The number of hydrogen-bond donors (Lipinski definition) is 0. The van der Waals surface area contributed by atoms with E-state index < -0.39 is 5.97 Å². The number of aromatic carboxylic acids is 1. The molecule has 2 rings (SSSR count). The molecule has 0 radical (unpaired) electrons. The fourth-order valence-corrected chi connectivity index (χ4v) is 1.83. The van der Waals surface area contributed by atoms with Crippen LogP contribution in [0.4, 0.5) is 0 Å². The number of carbonyl (C=O) groups excluding carboxylic acids is 1. The van der Waals surface area contributed by atoms with Crippen LogP contribution in [0.25, 0.3) is 10.9 Å². The Kier molecular flexibility index (Phi) is 5.03. The average molecular weight is 238 g/mol. The number of aromatic nitrogens is 1. The predicted octanol–water partition coefficient (Wildman–Crippen LogP) is -2.43. The first-order valence-electron chi connectivity index (χ1n) is 5.53. The third-order valence-electron chi connectivity index (χ3n) is 2.79. The zero-order chi connectivity index (χ0) is 12.4. The zero-order valence-corrected chi connectivity index (χ0v) is 11.0. The maximum absolute atomic E-state index is 10.7. The Morgan fingerprint density at radius 1 is 1.33 bits per heavy atom. The Hall–Kier alpha value is -1.21. The molecule has 1 aromatic carbocycles. The monoisotopic (exact) mass is 238 g/mol. The smallest absolute Gasteiger partial charge is 0.545 e. The molecule has 90 valence electrons. The van der Waals surface area contributed by atoms with Gasteiger partial charge in [0.05, 0.1) is 5.97 Å². The van der Waals surface area contributed by atoms with Crippen LogP contribution < -0.4 is 24.0 Å². The van der Waals surface area contributed by atoms with Crippen molar-refractivity contribution in [2.45, 2.75) is 6.54 Å². The minimum absolute atomic E-state index is 0. The standard InChI is InChI=1S/C13H16N2O2.Li/c1-14(2)7-8-15-6-5-10-9-11(13(16)17)3-4-12(10)15;/h3-6,9H,7-8H2,1-2H3,(H,16,17);/q;+1/p-1. The van der Waals surface area contributed by atoms with Gasteiger partial charge >= 0.3 is 18.9 Å². The van der Waals surface area contributed by atoms with Crippen LogP contribution in [0.1, 0.15) is 10.4 Å². The van der Waals surface area contributed by atoms with Gasteiger partial charge in [0, 0.05) is 30.2 Å². The molecule has 0 saturated heterocycles. The summed E-state index contributed by atoms with van der Waals surface area (Å²) >= 11 is 0. The summed E-state index contributed by atoms with van der Waals surface area (Å²) in [5.74, 6) is -1.13. The number of carboxylic acids is 1. The van der Waals surface area contributed by atoms with Crippen LogP contribution in [-0.4, -0.2) is 36.1 Å². The Bertz CT molecular complexity index is 549. The van der Waals surface area contributed by atoms with E-state index in [4.69, 9.17) is 0 Å². The summed E-state index contributed by atoms with van der Waals surface area (Å²) in [5.41, 5.74) is 1.28. The molecule has 1 aromatic heterocycles. The molecule has 0 unspecified atom stereocenters. The van der Waals surface area contributed by atoms with Crippen molar-refractivity contribution in [3.05, 3.63) is 36.0 Å². The summed E-state index contributed by atoms with van der Waals surface area (Å²) in [5, 5.41) is 11.7. The minimum Gasteiger partial charge on any atom is -0.545 e. The summed E-state index contributed by atoms with van der Waals surface area (Å²) in [4.78, 5) is 12.9. The molecule has 0 bridgehead atoms. The second-order valence-electron chi connectivity index (χ2n) is 4.37. The van der Waals surface area contributed by atoms with Gasteiger partial charge in [0.15, 0.2) is 0 Å². The third kappa shape index (κ3) is 3.17. The van der Waals surface area contributed by atoms with Crippen molar-refractivity contribution in [1.29, 1.82) is 0 Å². The predicted molar refractivity (Wildman–Crippen MR) is 64.8 cm³/mol. The molecular formula is C13H15LiN2O2. The van der Waals surface area contributed by atoms with Crippen molar-refractivity contribution in [3.8, 4) is 0 Å². The van der Waals surface area contributed by atoms with Gasteiger partial charge in [-0.2, -0.15) is 0 Å². The molecule has 0 aliphatic heterocycles. The van der Waals surface area contributed by atoms with Gasteiger partial charge in [-0.3, -0.25) is 0 Å². The van der Waals surface area contributed by atoms with E-state index in [2.05, 4.69) is 9.47 Å². The van der Waals surface area contributed by atoms with Gasteiger partial charge in [-0.25, -0.2) is 0 Å². The molecule has 18 heavy (non-hydrogen) atoms. The Balaban J connectivity index is 0.00000162. The van der Waals surface area contributed by atoms with Gasteiger partial charge in [-0.1, -0.05) is 6.07 Å². The molecule has 2 aromatic rings. The largest absolute Gasteiger partial charge is 1.00 e. The molecule has 0 spiro atoms. The molecule has 4 nitrogen and oxygen atoms in total. The molecule has 0 saturated carbocycles. The molecule has 0 N–H and O–H groups in total. The first-order valence-corrected chi connectivity index (χ1v) is 5.53. The maximum Gasteiger partial charge on any atom is 1.00 e. The van der Waals surface area contributed by atoms with Crippen molar-refractivity contribution >= 4 is 16.9 Å². The van der Waals surface area contributed by atoms with E-state index in [1.165, 1.54) is 0 Å². The topological polar surface area (TPSA) is 48.3 Å². The van der Waals surface area contributed by atoms with Crippen LogP contribution in [0.5, 0.6) is 0 Å². The molecule has 0 aliphatic rings. The van der Waals surface area contributed by atoms with Crippen LogP contribution in [0.15, 0.2) is 30.5 Å². The van der Waals surface area contributed by atoms with E-state index in [1.54, 1.807) is 12.1 Å².